The van der Waals surface area contributed by atoms with Crippen LogP contribution in [0.5, 0.6) is 0 Å². The van der Waals surface area contributed by atoms with Crippen molar-refractivity contribution in [2.24, 2.45) is 0 Å². The number of nitrogens with one attached hydrogen (secondary N) is 2. The van der Waals surface area contributed by atoms with Crippen LogP contribution < -0.4 is 10.0 Å². The maximum absolute atomic E-state index is 12.2. The third-order valence-corrected chi connectivity index (χ3v) is 5.96. The van der Waals surface area contributed by atoms with Crippen molar-refractivity contribution in [2.45, 2.75) is 16.2 Å². The first-order valence-corrected chi connectivity index (χ1v) is 10.7. The van der Waals surface area contributed by atoms with Gasteiger partial charge in [-0.05, 0) is 42.5 Å². The second kappa shape index (κ2) is 10.2. The minimum atomic E-state index is -3.64. The van der Waals surface area contributed by atoms with Crippen LogP contribution in [0.3, 0.4) is 0 Å². The molecule has 0 aliphatic heterocycles. The number of carbonyl (C=O) groups is 1. The fraction of sp³-hybridized carbons (Fsp3) is 0.211. The molecule has 5 nitrogen and oxygen atoms in total. The first-order valence-electron chi connectivity index (χ1n) is 8.19. The Kier molecular flexibility index (Phi) is 7.90. The van der Waals surface area contributed by atoms with Crippen molar-refractivity contribution in [1.29, 1.82) is 0 Å². The number of carbonyl (C=O) groups excluding carboxylic acids is 1. The number of sulfonamides is 1. The monoisotopic (exact) mass is 390 g/mol. The molecule has 0 unspecified atom stereocenters. The number of benzene rings is 2. The van der Waals surface area contributed by atoms with E-state index in [-0.39, 0.29) is 17.3 Å². The molecule has 7 heteroatoms. The van der Waals surface area contributed by atoms with Gasteiger partial charge in [-0.25, -0.2) is 13.1 Å². The standard InChI is InChI=1S/C19H22N2O3S2/c1-2-12-21-26(23,24)18-11-6-8-16(15-18)19(22)20-13-7-14-25-17-9-4-3-5-10-17/h2-6,8-11,15,21H,1,7,12-14H2,(H,20,22). The summed E-state index contributed by atoms with van der Waals surface area (Å²) in [6.07, 6.45) is 2.28. The minimum Gasteiger partial charge on any atom is -0.352 e. The van der Waals surface area contributed by atoms with E-state index in [1.165, 1.54) is 23.1 Å². The molecule has 0 aromatic heterocycles. The largest absolute Gasteiger partial charge is 0.352 e. The van der Waals surface area contributed by atoms with Gasteiger partial charge in [-0.3, -0.25) is 4.79 Å². The SMILES string of the molecule is C=CCNS(=O)(=O)c1cccc(C(=O)NCCCSc2ccccc2)c1. The molecule has 1 amide bonds. The summed E-state index contributed by atoms with van der Waals surface area (Å²) in [5.74, 6) is 0.611. The van der Waals surface area contributed by atoms with Gasteiger partial charge in [0.1, 0.15) is 0 Å². The number of amides is 1. The zero-order valence-corrected chi connectivity index (χ0v) is 16.0. The summed E-state index contributed by atoms with van der Waals surface area (Å²) in [5.41, 5.74) is 0.321. The van der Waals surface area contributed by atoms with E-state index in [1.54, 1.807) is 23.9 Å². The third kappa shape index (κ3) is 6.33. The maximum Gasteiger partial charge on any atom is 0.251 e. The fourth-order valence-electron chi connectivity index (χ4n) is 2.14. The summed E-state index contributed by atoms with van der Waals surface area (Å²) in [7, 11) is -3.64. The molecule has 0 atom stereocenters. The van der Waals surface area contributed by atoms with Gasteiger partial charge < -0.3 is 5.32 Å². The molecule has 2 aromatic rings. The fourth-order valence-corrected chi connectivity index (χ4v) is 4.06. The van der Waals surface area contributed by atoms with Crippen molar-refractivity contribution in [3.05, 3.63) is 72.8 Å². The van der Waals surface area contributed by atoms with Crippen LogP contribution in [0, 0.1) is 0 Å². The van der Waals surface area contributed by atoms with Crippen molar-refractivity contribution in [2.75, 3.05) is 18.8 Å². The van der Waals surface area contributed by atoms with E-state index in [1.807, 2.05) is 18.2 Å². The minimum absolute atomic E-state index is 0.0617. The third-order valence-electron chi connectivity index (χ3n) is 3.44. The molecular weight excluding hydrogens is 368 g/mol. The van der Waals surface area contributed by atoms with Gasteiger partial charge in [-0.2, -0.15) is 0 Å². The molecule has 0 aliphatic carbocycles. The second-order valence-electron chi connectivity index (χ2n) is 5.44. The van der Waals surface area contributed by atoms with E-state index in [2.05, 4.69) is 28.8 Å². The van der Waals surface area contributed by atoms with Crippen molar-refractivity contribution in [1.82, 2.24) is 10.0 Å². The Bertz CT molecular complexity index is 837. The van der Waals surface area contributed by atoms with Crippen LogP contribution in [0.15, 0.2) is 77.0 Å². The zero-order chi connectivity index (χ0) is 18.8. The highest BCUT2D eigenvalue weighted by Gasteiger charge is 2.15. The average Bonchev–Trinajstić information content (AvgIpc) is 2.67. The van der Waals surface area contributed by atoms with Crippen molar-refractivity contribution in [3.63, 3.8) is 0 Å². The van der Waals surface area contributed by atoms with Crippen molar-refractivity contribution in [3.8, 4) is 0 Å². The lowest BCUT2D eigenvalue weighted by Gasteiger charge is -2.08. The summed E-state index contributed by atoms with van der Waals surface area (Å²) in [5, 5.41) is 2.82. The van der Waals surface area contributed by atoms with E-state index < -0.39 is 10.0 Å². The summed E-state index contributed by atoms with van der Waals surface area (Å²) in [6.45, 7) is 4.15. The molecule has 0 aliphatic rings. The number of hydrogen-bond donors (Lipinski definition) is 2. The Morgan fingerprint density at radius 2 is 1.88 bits per heavy atom. The van der Waals surface area contributed by atoms with Crippen LogP contribution in [0.2, 0.25) is 0 Å². The van der Waals surface area contributed by atoms with Crippen LogP contribution in [0.1, 0.15) is 16.8 Å². The molecule has 0 saturated carbocycles. The highest BCUT2D eigenvalue weighted by molar-refractivity contribution is 7.99. The molecular formula is C19H22N2O3S2. The molecule has 2 N–H and O–H groups in total. The summed E-state index contributed by atoms with van der Waals surface area (Å²) >= 11 is 1.73. The lowest BCUT2D eigenvalue weighted by molar-refractivity contribution is 0.0953. The molecule has 0 bridgehead atoms. The van der Waals surface area contributed by atoms with Crippen LogP contribution in [-0.2, 0) is 10.0 Å². The number of rotatable bonds is 10. The van der Waals surface area contributed by atoms with Gasteiger partial charge in [0.15, 0.2) is 0 Å². The Balaban J connectivity index is 1.84. The van der Waals surface area contributed by atoms with Gasteiger partial charge in [-0.1, -0.05) is 30.3 Å². The molecule has 26 heavy (non-hydrogen) atoms. The molecule has 0 radical (unpaired) electrons. The van der Waals surface area contributed by atoms with Crippen molar-refractivity contribution >= 4 is 27.7 Å². The Hall–Kier alpha value is -2.09. The highest BCUT2D eigenvalue weighted by atomic mass is 32.2. The summed E-state index contributed by atoms with van der Waals surface area (Å²) < 4.78 is 26.6. The van der Waals surface area contributed by atoms with Crippen LogP contribution in [0.4, 0.5) is 0 Å². The number of thioether (sulfide) groups is 1. The van der Waals surface area contributed by atoms with Gasteiger partial charge in [0, 0.05) is 23.5 Å². The van der Waals surface area contributed by atoms with Gasteiger partial charge in [0.25, 0.3) is 5.91 Å². The smallest absolute Gasteiger partial charge is 0.251 e. The van der Waals surface area contributed by atoms with E-state index in [9.17, 15) is 13.2 Å². The zero-order valence-electron chi connectivity index (χ0n) is 14.4. The summed E-state index contributed by atoms with van der Waals surface area (Å²) in [6, 6.07) is 16.1. The second-order valence-corrected chi connectivity index (χ2v) is 8.37. The molecule has 0 saturated heterocycles. The Labute approximate surface area is 158 Å². The van der Waals surface area contributed by atoms with E-state index >= 15 is 0 Å². The predicted octanol–water partition coefficient (Wildman–Crippen LogP) is 3.06. The maximum atomic E-state index is 12.2. The Morgan fingerprint density at radius 1 is 1.12 bits per heavy atom. The van der Waals surface area contributed by atoms with Gasteiger partial charge in [-0.15, -0.1) is 18.3 Å². The molecule has 0 fully saturated rings. The van der Waals surface area contributed by atoms with Gasteiger partial charge >= 0.3 is 0 Å². The molecule has 2 aromatic carbocycles. The first-order chi connectivity index (χ1) is 12.5. The topological polar surface area (TPSA) is 75.3 Å². The van der Waals surface area contributed by atoms with Crippen molar-refractivity contribution < 1.29 is 13.2 Å². The lowest BCUT2D eigenvalue weighted by Crippen LogP contribution is -2.26. The van der Waals surface area contributed by atoms with Crippen LogP contribution in [0.25, 0.3) is 0 Å². The number of hydrogen-bond acceptors (Lipinski definition) is 4. The Morgan fingerprint density at radius 3 is 2.62 bits per heavy atom. The summed E-state index contributed by atoms with van der Waals surface area (Å²) in [4.78, 5) is 13.5. The molecule has 138 valence electrons. The van der Waals surface area contributed by atoms with Gasteiger partial charge in [0.2, 0.25) is 10.0 Å². The molecule has 0 spiro atoms. The molecule has 2 rings (SSSR count). The lowest BCUT2D eigenvalue weighted by atomic mass is 10.2. The average molecular weight is 391 g/mol. The quantitative estimate of drug-likeness (QED) is 0.371. The van der Waals surface area contributed by atoms with Gasteiger partial charge in [0.05, 0.1) is 4.90 Å². The van der Waals surface area contributed by atoms with E-state index in [0.29, 0.717) is 12.1 Å². The van der Waals surface area contributed by atoms with E-state index in [0.717, 1.165) is 12.2 Å². The van der Waals surface area contributed by atoms with Crippen LogP contribution >= 0.6 is 11.8 Å². The molecule has 0 heterocycles. The first kappa shape index (κ1) is 20.2. The normalized spacial score (nSPS) is 11.1. The van der Waals surface area contributed by atoms with E-state index in [4.69, 9.17) is 0 Å². The van der Waals surface area contributed by atoms with Crippen LogP contribution in [-0.4, -0.2) is 33.2 Å². The predicted molar refractivity (Wildman–Crippen MR) is 106 cm³/mol. The highest BCUT2D eigenvalue weighted by Crippen LogP contribution is 2.17.